The number of amides is 2. The van der Waals surface area contributed by atoms with Crippen molar-refractivity contribution < 1.29 is 32.3 Å². The second-order valence-corrected chi connectivity index (χ2v) is 7.46. The number of alkyl halides is 3. The van der Waals surface area contributed by atoms with Gasteiger partial charge in [0.05, 0.1) is 11.8 Å². The maximum absolute atomic E-state index is 13.0. The summed E-state index contributed by atoms with van der Waals surface area (Å²) in [6, 6.07) is 5.37. The zero-order valence-corrected chi connectivity index (χ0v) is 14.4. The quantitative estimate of drug-likeness (QED) is 0.762. The molecule has 9 heteroatoms. The number of carbonyl (C=O) groups is 2. The Balaban J connectivity index is 1.56. The number of carboxylic acids is 1. The number of nitrogens with zero attached hydrogens (tertiary/aromatic N) is 1. The van der Waals surface area contributed by atoms with Crippen molar-refractivity contribution in [2.45, 2.75) is 25.4 Å². The van der Waals surface area contributed by atoms with E-state index in [9.17, 15) is 27.2 Å². The Morgan fingerprint density at radius 1 is 1.19 bits per heavy atom. The fraction of sp³-hybridized carbons (Fsp3) is 0.556. The zero-order valence-electron chi connectivity index (χ0n) is 14.4. The van der Waals surface area contributed by atoms with E-state index >= 15 is 0 Å². The fourth-order valence-electron chi connectivity index (χ4n) is 3.55. The lowest BCUT2D eigenvalue weighted by Gasteiger charge is -2.21. The molecule has 1 saturated heterocycles. The zero-order chi connectivity index (χ0) is 19.8. The van der Waals surface area contributed by atoms with E-state index < -0.39 is 43.1 Å². The Morgan fingerprint density at radius 3 is 2.30 bits per heavy atom. The minimum atomic E-state index is -4.67. The van der Waals surface area contributed by atoms with Gasteiger partial charge in [0.25, 0.3) is 0 Å². The third-order valence-corrected chi connectivity index (χ3v) is 5.41. The summed E-state index contributed by atoms with van der Waals surface area (Å²) in [6.07, 6.45) is -2.32. The number of nitrogens with one attached hydrogen (secondary N) is 1. The van der Waals surface area contributed by atoms with Crippen LogP contribution in [0.5, 0.6) is 0 Å². The highest BCUT2D eigenvalue weighted by molar-refractivity contribution is 5.77. The van der Waals surface area contributed by atoms with Crippen molar-refractivity contribution in [3.05, 3.63) is 35.6 Å². The second kappa shape index (κ2) is 7.01. The van der Waals surface area contributed by atoms with E-state index in [2.05, 4.69) is 5.32 Å². The first-order valence-electron chi connectivity index (χ1n) is 8.66. The first kappa shape index (κ1) is 19.4. The topological polar surface area (TPSA) is 69.6 Å². The molecule has 1 aromatic rings. The van der Waals surface area contributed by atoms with Gasteiger partial charge in [0.15, 0.2) is 0 Å². The average Bonchev–Trinajstić information content (AvgIpc) is 3.18. The maximum atomic E-state index is 13.0. The molecule has 3 rings (SSSR count). The molecular formula is C18H20F4N2O3. The molecule has 0 radical (unpaired) electrons. The number of carbonyl (C=O) groups excluding carboxylic acids is 1. The van der Waals surface area contributed by atoms with Gasteiger partial charge < -0.3 is 15.3 Å². The molecule has 1 aromatic carbocycles. The van der Waals surface area contributed by atoms with Gasteiger partial charge in [0, 0.05) is 19.6 Å². The fourth-order valence-corrected chi connectivity index (χ4v) is 3.55. The monoisotopic (exact) mass is 388 g/mol. The van der Waals surface area contributed by atoms with Crippen LogP contribution in [0.1, 0.15) is 18.4 Å². The first-order chi connectivity index (χ1) is 12.6. The van der Waals surface area contributed by atoms with Crippen LogP contribution >= 0.6 is 0 Å². The third-order valence-electron chi connectivity index (χ3n) is 5.41. The van der Waals surface area contributed by atoms with Crippen molar-refractivity contribution in [3.8, 4) is 0 Å². The van der Waals surface area contributed by atoms with Crippen LogP contribution in [0.2, 0.25) is 0 Å². The normalized spacial score (nSPS) is 23.9. The standard InChI is InChI=1S/C18H20F4N2O3/c19-12-3-1-11(2-4-12)7-17(5-6-17)10-23-16(27)24-8-13(15(25)26)14(9-24)18(20,21)22/h1-4,13-14H,5-10H2,(H,23,27)(H,25,26)/t13-,14-/m1/s1. The van der Waals surface area contributed by atoms with Crippen LogP contribution in [-0.2, 0) is 11.2 Å². The molecule has 148 valence electrons. The lowest BCUT2D eigenvalue weighted by molar-refractivity contribution is -0.187. The molecule has 2 atom stereocenters. The van der Waals surface area contributed by atoms with Crippen molar-refractivity contribution in [1.82, 2.24) is 10.2 Å². The molecular weight excluding hydrogens is 368 g/mol. The lowest BCUT2D eigenvalue weighted by atomic mass is 9.96. The first-order valence-corrected chi connectivity index (χ1v) is 8.66. The van der Waals surface area contributed by atoms with Crippen molar-refractivity contribution in [2.75, 3.05) is 19.6 Å². The molecule has 0 aromatic heterocycles. The highest BCUT2D eigenvalue weighted by atomic mass is 19.4. The van der Waals surface area contributed by atoms with Gasteiger partial charge in [0.2, 0.25) is 0 Å². The Bertz CT molecular complexity index is 716. The summed E-state index contributed by atoms with van der Waals surface area (Å²) in [5.41, 5.74) is 0.746. The summed E-state index contributed by atoms with van der Waals surface area (Å²) in [4.78, 5) is 24.3. The molecule has 1 heterocycles. The van der Waals surface area contributed by atoms with Crippen molar-refractivity contribution in [3.63, 3.8) is 0 Å². The molecule has 27 heavy (non-hydrogen) atoms. The SMILES string of the molecule is O=C(O)[C@@H]1CN(C(=O)NCC2(Cc3ccc(F)cc3)CC2)C[C@H]1C(F)(F)F. The van der Waals surface area contributed by atoms with E-state index in [1.54, 1.807) is 12.1 Å². The molecule has 1 aliphatic carbocycles. The third kappa shape index (κ3) is 4.51. The summed E-state index contributed by atoms with van der Waals surface area (Å²) in [5.74, 6) is -5.60. The van der Waals surface area contributed by atoms with Gasteiger partial charge >= 0.3 is 18.2 Å². The van der Waals surface area contributed by atoms with Crippen LogP contribution in [0.25, 0.3) is 0 Å². The van der Waals surface area contributed by atoms with Crippen LogP contribution in [-0.4, -0.2) is 47.8 Å². The van der Waals surface area contributed by atoms with Gasteiger partial charge in [-0.25, -0.2) is 9.18 Å². The maximum Gasteiger partial charge on any atom is 0.394 e. The number of aliphatic carboxylic acids is 1. The van der Waals surface area contributed by atoms with Gasteiger partial charge in [-0.3, -0.25) is 4.79 Å². The van der Waals surface area contributed by atoms with Crippen LogP contribution in [0.3, 0.4) is 0 Å². The molecule has 1 saturated carbocycles. The van der Waals surface area contributed by atoms with Gasteiger partial charge in [0.1, 0.15) is 5.82 Å². The number of benzene rings is 1. The number of carboxylic acid groups (broad SMARTS) is 1. The molecule has 0 bridgehead atoms. The van der Waals surface area contributed by atoms with Crippen LogP contribution in [0.4, 0.5) is 22.4 Å². The molecule has 5 nitrogen and oxygen atoms in total. The van der Waals surface area contributed by atoms with Crippen molar-refractivity contribution in [2.24, 2.45) is 17.3 Å². The molecule has 2 N–H and O–H groups in total. The minimum Gasteiger partial charge on any atom is -0.481 e. The number of hydrogen-bond acceptors (Lipinski definition) is 2. The van der Waals surface area contributed by atoms with E-state index in [1.165, 1.54) is 12.1 Å². The smallest absolute Gasteiger partial charge is 0.394 e. The second-order valence-electron chi connectivity index (χ2n) is 7.46. The van der Waals surface area contributed by atoms with Gasteiger partial charge in [-0.1, -0.05) is 12.1 Å². The number of halogens is 4. The van der Waals surface area contributed by atoms with Gasteiger partial charge in [-0.2, -0.15) is 13.2 Å². The van der Waals surface area contributed by atoms with Gasteiger partial charge in [-0.15, -0.1) is 0 Å². The molecule has 0 unspecified atom stereocenters. The van der Waals surface area contributed by atoms with Crippen LogP contribution < -0.4 is 5.32 Å². The molecule has 2 aliphatic rings. The minimum absolute atomic E-state index is 0.178. The number of hydrogen-bond donors (Lipinski definition) is 2. The van der Waals surface area contributed by atoms with Crippen LogP contribution in [0, 0.1) is 23.1 Å². The van der Waals surface area contributed by atoms with Crippen LogP contribution in [0.15, 0.2) is 24.3 Å². The molecule has 2 fully saturated rings. The average molecular weight is 388 g/mol. The van der Waals surface area contributed by atoms with E-state index in [0.29, 0.717) is 6.42 Å². The lowest BCUT2D eigenvalue weighted by Crippen LogP contribution is -2.42. The Labute approximate surface area is 153 Å². The summed E-state index contributed by atoms with van der Waals surface area (Å²) in [6.45, 7) is -0.832. The number of urea groups is 1. The summed E-state index contributed by atoms with van der Waals surface area (Å²) in [5, 5.41) is 11.7. The number of rotatable bonds is 5. The largest absolute Gasteiger partial charge is 0.481 e. The molecule has 0 spiro atoms. The van der Waals surface area contributed by atoms with E-state index in [0.717, 1.165) is 23.3 Å². The van der Waals surface area contributed by atoms with Crippen molar-refractivity contribution in [1.29, 1.82) is 0 Å². The molecule has 1 aliphatic heterocycles. The Kier molecular flexibility index (Phi) is 5.05. The Hall–Kier alpha value is -2.32. The van der Waals surface area contributed by atoms with E-state index in [-0.39, 0.29) is 17.8 Å². The number of likely N-dealkylation sites (tertiary alicyclic amines) is 1. The van der Waals surface area contributed by atoms with E-state index in [1.807, 2.05) is 0 Å². The van der Waals surface area contributed by atoms with E-state index in [4.69, 9.17) is 5.11 Å². The van der Waals surface area contributed by atoms with Gasteiger partial charge in [-0.05, 0) is 42.4 Å². The summed E-state index contributed by atoms with van der Waals surface area (Å²) >= 11 is 0. The van der Waals surface area contributed by atoms with Crippen molar-refractivity contribution >= 4 is 12.0 Å². The molecule has 2 amide bonds. The highest BCUT2D eigenvalue weighted by Gasteiger charge is 2.53. The summed E-state index contributed by atoms with van der Waals surface area (Å²) < 4.78 is 52.0. The Morgan fingerprint density at radius 2 is 1.81 bits per heavy atom. The highest BCUT2D eigenvalue weighted by Crippen LogP contribution is 2.48. The predicted octanol–water partition coefficient (Wildman–Crippen LogP) is 3.05. The summed E-state index contributed by atoms with van der Waals surface area (Å²) in [7, 11) is 0. The predicted molar refractivity (Wildman–Crippen MR) is 87.4 cm³/mol.